The molecule has 132 valence electrons. The van der Waals surface area contributed by atoms with Gasteiger partial charge in [-0.25, -0.2) is 4.79 Å². The molecule has 1 aliphatic heterocycles. The van der Waals surface area contributed by atoms with Crippen LogP contribution in [0.15, 0.2) is 23.0 Å². The molecule has 0 fully saturated rings. The van der Waals surface area contributed by atoms with Crippen LogP contribution in [0.2, 0.25) is 0 Å². The Morgan fingerprint density at radius 1 is 1.23 bits per heavy atom. The maximum Gasteiger partial charge on any atom is 0.354 e. The van der Waals surface area contributed by atoms with E-state index in [1.165, 1.54) is 0 Å². The van der Waals surface area contributed by atoms with Gasteiger partial charge < -0.3 is 15.4 Å². The molecular weight excluding hydrogens is 336 g/mol. The Balaban J connectivity index is 1.98. The van der Waals surface area contributed by atoms with E-state index < -0.39 is 11.9 Å². The normalized spacial score (nSPS) is 16.4. The summed E-state index contributed by atoms with van der Waals surface area (Å²) >= 11 is 0. The number of anilines is 1. The van der Waals surface area contributed by atoms with E-state index in [0.717, 1.165) is 22.0 Å². The highest BCUT2D eigenvalue weighted by Gasteiger charge is 2.35. The highest BCUT2D eigenvalue weighted by Crippen LogP contribution is 2.37. The number of rotatable bonds is 2. The molecule has 0 bridgehead atoms. The summed E-state index contributed by atoms with van der Waals surface area (Å²) in [5.74, 6) is -2.03. The fraction of sp³-hybridized carbons (Fsp3) is 0.222. The largest absolute Gasteiger partial charge is 0.477 e. The second-order valence-corrected chi connectivity index (χ2v) is 6.57. The van der Waals surface area contributed by atoms with Crippen molar-refractivity contribution in [1.29, 1.82) is 0 Å². The number of amides is 1. The highest BCUT2D eigenvalue weighted by atomic mass is 16.4. The van der Waals surface area contributed by atoms with Crippen molar-refractivity contribution in [3.8, 4) is 0 Å². The van der Waals surface area contributed by atoms with Crippen LogP contribution in [0.3, 0.4) is 0 Å². The zero-order chi connectivity index (χ0) is 18.6. The number of nitrogens with zero attached hydrogens (tertiary/aromatic N) is 1. The number of benzene rings is 1. The molecule has 4 rings (SSSR count). The number of hydrogen-bond acceptors (Lipinski definition) is 4. The molecule has 8 heteroatoms. The minimum absolute atomic E-state index is 0.0216. The van der Waals surface area contributed by atoms with Crippen LogP contribution in [0.25, 0.3) is 10.9 Å². The lowest BCUT2D eigenvalue weighted by atomic mass is 9.85. The molecule has 0 radical (unpaired) electrons. The van der Waals surface area contributed by atoms with Crippen molar-refractivity contribution in [2.75, 3.05) is 5.32 Å². The van der Waals surface area contributed by atoms with Gasteiger partial charge >= 0.3 is 5.97 Å². The number of hydrogen-bond donors (Lipinski definition) is 4. The summed E-state index contributed by atoms with van der Waals surface area (Å²) in [6.45, 7) is 3.87. The van der Waals surface area contributed by atoms with Crippen molar-refractivity contribution < 1.29 is 14.7 Å². The topological polar surface area (TPSA) is 128 Å². The van der Waals surface area contributed by atoms with Gasteiger partial charge in [0.1, 0.15) is 5.69 Å². The summed E-state index contributed by atoms with van der Waals surface area (Å²) in [6, 6.07) is 5.65. The van der Waals surface area contributed by atoms with Gasteiger partial charge in [-0.15, -0.1) is 0 Å². The third-order valence-electron chi connectivity index (χ3n) is 4.71. The molecule has 1 aliphatic rings. The van der Waals surface area contributed by atoms with Gasteiger partial charge in [-0.1, -0.05) is 11.6 Å². The van der Waals surface area contributed by atoms with Crippen molar-refractivity contribution >= 4 is 28.6 Å². The Bertz CT molecular complexity index is 1140. The number of nitrogens with one attached hydrogen (secondary N) is 3. The van der Waals surface area contributed by atoms with Gasteiger partial charge in [-0.2, -0.15) is 5.10 Å². The number of aromatic nitrogens is 3. The number of carbonyl (C=O) groups excluding carboxylic acids is 1. The molecule has 0 unspecified atom stereocenters. The SMILES string of the molecule is Cc1cc(C)c2[nH]c(=O)c([C@H]3CC(=O)Nc4n[nH]c(C(=O)O)c43)cc2c1. The smallest absolute Gasteiger partial charge is 0.354 e. The monoisotopic (exact) mass is 352 g/mol. The van der Waals surface area contributed by atoms with Crippen LogP contribution in [-0.4, -0.2) is 32.2 Å². The Morgan fingerprint density at radius 3 is 2.73 bits per heavy atom. The Kier molecular flexibility index (Phi) is 3.43. The second kappa shape index (κ2) is 5.55. The number of H-pyrrole nitrogens is 2. The first-order valence-corrected chi connectivity index (χ1v) is 8.10. The number of carbonyl (C=O) groups is 2. The van der Waals surface area contributed by atoms with Crippen molar-refractivity contribution in [1.82, 2.24) is 15.2 Å². The van der Waals surface area contributed by atoms with Gasteiger partial charge in [-0.05, 0) is 36.9 Å². The van der Waals surface area contributed by atoms with Crippen LogP contribution in [0.5, 0.6) is 0 Å². The number of carboxylic acids is 1. The molecule has 1 aromatic carbocycles. The van der Waals surface area contributed by atoms with Crippen LogP contribution < -0.4 is 10.9 Å². The summed E-state index contributed by atoms with van der Waals surface area (Å²) in [5, 5.41) is 19.1. The van der Waals surface area contributed by atoms with Crippen LogP contribution in [0.1, 0.15) is 45.1 Å². The molecular formula is C18H16N4O4. The predicted octanol–water partition coefficient (Wildman–Crippen LogP) is 2.04. The van der Waals surface area contributed by atoms with Crippen LogP contribution in [0.4, 0.5) is 5.82 Å². The van der Waals surface area contributed by atoms with Crippen molar-refractivity contribution in [2.24, 2.45) is 0 Å². The molecule has 3 heterocycles. The fourth-order valence-corrected chi connectivity index (χ4v) is 3.65. The molecule has 0 aliphatic carbocycles. The summed E-state index contributed by atoms with van der Waals surface area (Å²) in [4.78, 5) is 39.2. The molecule has 1 atom stereocenters. The fourth-order valence-electron chi connectivity index (χ4n) is 3.65. The highest BCUT2D eigenvalue weighted by molar-refractivity contribution is 5.98. The standard InChI is InChI=1S/C18H16N4O4/c1-7-3-8(2)14-9(4-7)5-11(17(24)20-14)10-6-12(23)19-16-13(10)15(18(25)26)21-22-16/h3-5,10H,6H2,1-2H3,(H,20,24)(H,25,26)(H2,19,21,22,23)/t10-/m1/s1. The first-order valence-electron chi connectivity index (χ1n) is 8.10. The van der Waals surface area contributed by atoms with E-state index in [0.29, 0.717) is 11.1 Å². The first kappa shape index (κ1) is 16.1. The summed E-state index contributed by atoms with van der Waals surface area (Å²) in [7, 11) is 0. The van der Waals surface area contributed by atoms with E-state index in [4.69, 9.17) is 0 Å². The third kappa shape index (κ3) is 2.38. The lowest BCUT2D eigenvalue weighted by Gasteiger charge is -2.22. The van der Waals surface area contributed by atoms with Gasteiger partial charge in [0.05, 0.1) is 5.52 Å². The minimum Gasteiger partial charge on any atom is -0.477 e. The van der Waals surface area contributed by atoms with E-state index in [1.807, 2.05) is 26.0 Å². The predicted molar refractivity (Wildman–Crippen MR) is 94.7 cm³/mol. The summed E-state index contributed by atoms with van der Waals surface area (Å²) < 4.78 is 0. The molecule has 4 N–H and O–H groups in total. The minimum atomic E-state index is -1.19. The van der Waals surface area contributed by atoms with Gasteiger partial charge in [0.2, 0.25) is 5.91 Å². The zero-order valence-corrected chi connectivity index (χ0v) is 14.1. The lowest BCUT2D eigenvalue weighted by Crippen LogP contribution is -2.28. The van der Waals surface area contributed by atoms with Crippen molar-refractivity contribution in [2.45, 2.75) is 26.2 Å². The van der Waals surface area contributed by atoms with E-state index in [2.05, 4.69) is 20.5 Å². The molecule has 26 heavy (non-hydrogen) atoms. The number of aryl methyl sites for hydroxylation is 2. The lowest BCUT2D eigenvalue weighted by molar-refractivity contribution is -0.116. The number of pyridine rings is 1. The maximum atomic E-state index is 12.7. The molecule has 2 aromatic heterocycles. The first-order chi connectivity index (χ1) is 12.3. The molecule has 1 amide bonds. The van der Waals surface area contributed by atoms with Crippen LogP contribution in [-0.2, 0) is 4.79 Å². The van der Waals surface area contributed by atoms with Crippen LogP contribution >= 0.6 is 0 Å². The number of carboxylic acid groups (broad SMARTS) is 1. The second-order valence-electron chi connectivity index (χ2n) is 6.57. The molecule has 8 nitrogen and oxygen atoms in total. The van der Waals surface area contributed by atoms with Gasteiger partial charge in [-0.3, -0.25) is 14.7 Å². The molecule has 3 aromatic rings. The third-order valence-corrected chi connectivity index (χ3v) is 4.71. The van der Waals surface area contributed by atoms with E-state index >= 15 is 0 Å². The zero-order valence-electron chi connectivity index (χ0n) is 14.1. The molecule has 0 spiro atoms. The molecule has 0 saturated heterocycles. The van der Waals surface area contributed by atoms with E-state index in [-0.39, 0.29) is 29.4 Å². The average molecular weight is 352 g/mol. The van der Waals surface area contributed by atoms with E-state index in [9.17, 15) is 19.5 Å². The summed E-state index contributed by atoms with van der Waals surface area (Å²) in [6.07, 6.45) is -0.0216. The average Bonchev–Trinajstić information content (AvgIpc) is 2.98. The number of aromatic amines is 2. The quantitative estimate of drug-likeness (QED) is 0.561. The Labute approximate surface area is 147 Å². The number of aromatic carboxylic acids is 1. The van der Waals surface area contributed by atoms with Gasteiger partial charge in [0, 0.05) is 23.5 Å². The Morgan fingerprint density at radius 2 is 2.00 bits per heavy atom. The Hall–Kier alpha value is -3.42. The van der Waals surface area contributed by atoms with Crippen LogP contribution in [0, 0.1) is 13.8 Å². The van der Waals surface area contributed by atoms with Gasteiger partial charge in [0.15, 0.2) is 5.82 Å². The van der Waals surface area contributed by atoms with Crippen molar-refractivity contribution in [3.63, 3.8) is 0 Å². The number of fused-ring (bicyclic) bond motifs is 2. The van der Waals surface area contributed by atoms with E-state index in [1.54, 1.807) is 6.07 Å². The molecule has 0 saturated carbocycles. The van der Waals surface area contributed by atoms with Gasteiger partial charge in [0.25, 0.3) is 5.56 Å². The van der Waals surface area contributed by atoms with Crippen molar-refractivity contribution in [3.05, 3.63) is 56.5 Å². The maximum absolute atomic E-state index is 12.7. The summed E-state index contributed by atoms with van der Waals surface area (Å²) in [5.41, 5.74) is 2.94.